The number of carbonyl (C=O) groups is 4. The summed E-state index contributed by atoms with van der Waals surface area (Å²) in [5.41, 5.74) is 0. The van der Waals surface area contributed by atoms with Gasteiger partial charge in [0, 0.05) is 38.9 Å². The Kier molecular flexibility index (Phi) is 15.6. The second kappa shape index (κ2) is 16.4. The lowest BCUT2D eigenvalue weighted by Gasteiger charge is -2.31. The Morgan fingerprint density at radius 1 is 0.931 bits per heavy atom. The van der Waals surface area contributed by atoms with Gasteiger partial charge in [-0.15, -0.1) is 0 Å². The molecule has 1 atom stereocenters. The topological polar surface area (TPSA) is 93.2 Å². The molecule has 0 spiro atoms. The van der Waals surface area contributed by atoms with E-state index in [2.05, 4.69) is 0 Å². The summed E-state index contributed by atoms with van der Waals surface area (Å²) in [7, 11) is 4.57. The first-order chi connectivity index (χ1) is 13.8. The minimum atomic E-state index is -0.708. The van der Waals surface area contributed by atoms with Crippen LogP contribution in [0, 0.1) is 0 Å². The third-order valence-corrected chi connectivity index (χ3v) is 6.42. The maximum atomic E-state index is 12.7. The number of hydrogen-bond donors (Lipinski definition) is 0. The molecule has 0 saturated heterocycles. The Bertz CT molecular complexity index is 533. The average molecular weight is 451 g/mol. The molecule has 0 rings (SSSR count). The van der Waals surface area contributed by atoms with Crippen molar-refractivity contribution >= 4 is 45.5 Å². The maximum absolute atomic E-state index is 12.7. The molecule has 10 heteroatoms. The molecular weight excluding hydrogens is 416 g/mol. The van der Waals surface area contributed by atoms with E-state index < -0.39 is 18.0 Å². The smallest absolute Gasteiger partial charge is 0.416 e. The molecule has 0 saturated carbocycles. The third kappa shape index (κ3) is 12.0. The molecule has 0 bridgehead atoms. The predicted octanol–water partition coefficient (Wildman–Crippen LogP) is 3.34. The first-order valence-electron chi connectivity index (χ1n) is 9.85. The van der Waals surface area contributed by atoms with Crippen LogP contribution in [-0.2, 0) is 23.9 Å². The van der Waals surface area contributed by atoms with E-state index in [1.54, 1.807) is 21.6 Å². The van der Waals surface area contributed by atoms with Crippen LogP contribution in [0.3, 0.4) is 0 Å². The van der Waals surface area contributed by atoms with E-state index in [-0.39, 0.29) is 18.5 Å². The van der Waals surface area contributed by atoms with Crippen LogP contribution in [0.5, 0.6) is 0 Å². The van der Waals surface area contributed by atoms with E-state index in [9.17, 15) is 19.2 Å². The predicted molar refractivity (Wildman–Crippen MR) is 117 cm³/mol. The minimum Gasteiger partial charge on any atom is -0.465 e. The SMILES string of the molecule is CCCCN(C(C)=O)C(CC)C(=O)N(C)C(=O)OCCCSSCCOC(C)=O. The van der Waals surface area contributed by atoms with Crippen molar-refractivity contribution in [3.05, 3.63) is 0 Å². The van der Waals surface area contributed by atoms with Crippen molar-refractivity contribution in [1.82, 2.24) is 9.80 Å². The maximum Gasteiger partial charge on any atom is 0.416 e. The van der Waals surface area contributed by atoms with Crippen LogP contribution in [0.2, 0.25) is 0 Å². The lowest BCUT2D eigenvalue weighted by Crippen LogP contribution is -2.51. The molecule has 8 nitrogen and oxygen atoms in total. The van der Waals surface area contributed by atoms with E-state index in [1.165, 1.54) is 25.8 Å². The summed E-state index contributed by atoms with van der Waals surface area (Å²) in [5, 5.41) is 0. The Morgan fingerprint density at radius 2 is 1.59 bits per heavy atom. The first kappa shape index (κ1) is 27.6. The molecule has 0 radical (unpaired) electrons. The highest BCUT2D eigenvalue weighted by atomic mass is 33.1. The largest absolute Gasteiger partial charge is 0.465 e. The number of carbonyl (C=O) groups excluding carboxylic acids is 4. The van der Waals surface area contributed by atoms with Crippen molar-refractivity contribution in [2.75, 3.05) is 38.3 Å². The van der Waals surface area contributed by atoms with Gasteiger partial charge in [-0.2, -0.15) is 0 Å². The van der Waals surface area contributed by atoms with Gasteiger partial charge in [0.2, 0.25) is 5.91 Å². The van der Waals surface area contributed by atoms with Gasteiger partial charge in [-0.25, -0.2) is 9.69 Å². The van der Waals surface area contributed by atoms with Crippen molar-refractivity contribution < 1.29 is 28.7 Å². The van der Waals surface area contributed by atoms with Gasteiger partial charge in [-0.1, -0.05) is 41.9 Å². The Morgan fingerprint density at radius 3 is 2.14 bits per heavy atom. The number of ether oxygens (including phenoxy) is 2. The van der Waals surface area contributed by atoms with Gasteiger partial charge >= 0.3 is 12.1 Å². The zero-order chi connectivity index (χ0) is 22.2. The van der Waals surface area contributed by atoms with E-state index in [4.69, 9.17) is 9.47 Å². The van der Waals surface area contributed by atoms with Crippen LogP contribution < -0.4 is 0 Å². The summed E-state index contributed by atoms with van der Waals surface area (Å²) in [4.78, 5) is 49.9. The highest BCUT2D eigenvalue weighted by Crippen LogP contribution is 2.21. The van der Waals surface area contributed by atoms with E-state index in [0.29, 0.717) is 31.7 Å². The molecule has 0 aromatic carbocycles. The molecule has 1 unspecified atom stereocenters. The fraction of sp³-hybridized carbons (Fsp3) is 0.789. The van der Waals surface area contributed by atoms with Crippen molar-refractivity contribution in [2.24, 2.45) is 0 Å². The first-order valence-corrected chi connectivity index (χ1v) is 12.3. The third-order valence-electron chi connectivity index (χ3n) is 3.96. The zero-order valence-corrected chi connectivity index (χ0v) is 19.7. The van der Waals surface area contributed by atoms with Crippen LogP contribution in [-0.4, -0.2) is 78.0 Å². The van der Waals surface area contributed by atoms with Crippen molar-refractivity contribution in [2.45, 2.75) is 59.4 Å². The van der Waals surface area contributed by atoms with Gasteiger partial charge in [-0.05, 0) is 19.3 Å². The van der Waals surface area contributed by atoms with Crippen LogP contribution in [0.15, 0.2) is 0 Å². The molecule has 3 amide bonds. The van der Waals surface area contributed by atoms with Crippen LogP contribution >= 0.6 is 21.6 Å². The summed E-state index contributed by atoms with van der Waals surface area (Å²) in [6, 6.07) is -0.666. The van der Waals surface area contributed by atoms with Gasteiger partial charge in [0.25, 0.3) is 5.91 Å². The normalized spacial score (nSPS) is 11.5. The second-order valence-electron chi connectivity index (χ2n) is 6.34. The van der Waals surface area contributed by atoms with Crippen molar-refractivity contribution in [3.63, 3.8) is 0 Å². The monoisotopic (exact) mass is 450 g/mol. The summed E-state index contributed by atoms with van der Waals surface area (Å²) in [6.07, 6.45) is 2.08. The molecule has 0 aliphatic heterocycles. The second-order valence-corrected chi connectivity index (χ2v) is 9.04. The van der Waals surface area contributed by atoms with E-state index >= 15 is 0 Å². The Hall–Kier alpha value is -1.42. The van der Waals surface area contributed by atoms with Gasteiger partial charge in [-0.3, -0.25) is 14.4 Å². The van der Waals surface area contributed by atoms with Gasteiger partial charge in [0.05, 0.1) is 6.61 Å². The molecule has 0 fully saturated rings. The molecule has 29 heavy (non-hydrogen) atoms. The summed E-state index contributed by atoms with van der Waals surface area (Å²) < 4.78 is 10.00. The number of likely N-dealkylation sites (N-methyl/N-ethyl adjacent to an activating group) is 1. The number of nitrogens with zero attached hydrogens (tertiary/aromatic N) is 2. The Labute approximate surface area is 181 Å². The summed E-state index contributed by atoms with van der Waals surface area (Å²) in [6.45, 7) is 7.72. The lowest BCUT2D eigenvalue weighted by atomic mass is 10.1. The number of imide groups is 1. The summed E-state index contributed by atoms with van der Waals surface area (Å²) in [5.74, 6) is 0.568. The molecule has 168 valence electrons. The summed E-state index contributed by atoms with van der Waals surface area (Å²) >= 11 is 0. The fourth-order valence-corrected chi connectivity index (χ4v) is 4.30. The van der Waals surface area contributed by atoms with Crippen LogP contribution in [0.1, 0.15) is 53.4 Å². The molecule has 0 aromatic rings. The quantitative estimate of drug-likeness (QED) is 0.226. The fourth-order valence-electron chi connectivity index (χ4n) is 2.41. The van der Waals surface area contributed by atoms with Crippen molar-refractivity contribution in [3.8, 4) is 0 Å². The van der Waals surface area contributed by atoms with Gasteiger partial charge in [0.15, 0.2) is 0 Å². The highest BCUT2D eigenvalue weighted by Gasteiger charge is 2.31. The van der Waals surface area contributed by atoms with E-state index in [1.807, 2.05) is 13.8 Å². The Balaban J connectivity index is 4.29. The van der Waals surface area contributed by atoms with Crippen LogP contribution in [0.25, 0.3) is 0 Å². The lowest BCUT2D eigenvalue weighted by molar-refractivity contribution is -0.143. The van der Waals surface area contributed by atoms with E-state index in [0.717, 1.165) is 23.5 Å². The number of rotatable bonds is 14. The molecule has 0 N–H and O–H groups in total. The van der Waals surface area contributed by atoms with Gasteiger partial charge in [0.1, 0.15) is 12.6 Å². The number of unbranched alkanes of at least 4 members (excludes halogenated alkanes) is 1. The highest BCUT2D eigenvalue weighted by molar-refractivity contribution is 8.76. The molecule has 0 heterocycles. The molecular formula is C19H34N2O6S2. The molecule has 0 aliphatic carbocycles. The average Bonchev–Trinajstić information content (AvgIpc) is 2.68. The number of hydrogen-bond acceptors (Lipinski definition) is 8. The van der Waals surface area contributed by atoms with Crippen molar-refractivity contribution in [1.29, 1.82) is 0 Å². The standard InChI is InChI=1S/C19H34N2O6S2/c1-6-8-10-21(15(3)22)17(7-2)18(24)20(5)19(25)27-11-9-13-28-29-14-12-26-16(4)23/h17H,6-14H2,1-5H3. The minimum absolute atomic E-state index is 0.177. The number of amides is 3. The number of esters is 1. The zero-order valence-electron chi connectivity index (χ0n) is 18.1. The molecule has 0 aliphatic rings. The van der Waals surface area contributed by atoms with Crippen LogP contribution in [0.4, 0.5) is 4.79 Å². The molecule has 0 aromatic heterocycles. The van der Waals surface area contributed by atoms with Gasteiger partial charge < -0.3 is 14.4 Å².